The third-order valence-corrected chi connectivity index (χ3v) is 12.6. The van der Waals surface area contributed by atoms with Crippen LogP contribution in [0.1, 0.15) is 22.3 Å². The van der Waals surface area contributed by atoms with Crippen molar-refractivity contribution in [1.29, 1.82) is 0 Å². The van der Waals surface area contributed by atoms with Crippen molar-refractivity contribution >= 4 is 32.6 Å². The first-order valence-corrected chi connectivity index (χ1v) is 19.1. The zero-order valence-electron chi connectivity index (χ0n) is 29.8. The molecule has 0 saturated heterocycles. The molecule has 0 fully saturated rings. The molecule has 55 heavy (non-hydrogen) atoms. The van der Waals surface area contributed by atoms with Gasteiger partial charge in [-0.25, -0.2) is 0 Å². The van der Waals surface area contributed by atoms with Crippen molar-refractivity contribution in [2.24, 2.45) is 0 Å². The van der Waals surface area contributed by atoms with Crippen molar-refractivity contribution in [1.82, 2.24) is 4.57 Å². The van der Waals surface area contributed by atoms with Gasteiger partial charge in [0.25, 0.3) is 0 Å². The highest BCUT2D eigenvalue weighted by molar-refractivity contribution is 6.13. The second-order valence-corrected chi connectivity index (χ2v) is 15.1. The maximum Gasteiger partial charge on any atom is 0.136 e. The van der Waals surface area contributed by atoms with Gasteiger partial charge in [0, 0.05) is 27.1 Å². The second-order valence-electron chi connectivity index (χ2n) is 15.1. The highest BCUT2D eigenvalue weighted by Crippen LogP contribution is 2.64. The third kappa shape index (κ3) is 3.60. The summed E-state index contributed by atoms with van der Waals surface area (Å²) in [6, 6.07) is 69.3. The fraction of sp³-hybridized carbons (Fsp3) is 0.0189. The minimum atomic E-state index is -0.375. The van der Waals surface area contributed by atoms with Gasteiger partial charge in [0.2, 0.25) is 0 Å². The number of rotatable bonds is 2. The van der Waals surface area contributed by atoms with Crippen LogP contribution in [0.3, 0.4) is 0 Å². The third-order valence-electron chi connectivity index (χ3n) is 12.6. The van der Waals surface area contributed by atoms with Crippen molar-refractivity contribution in [3.63, 3.8) is 0 Å². The molecule has 13 rings (SSSR count). The molecule has 2 heterocycles. The fourth-order valence-electron chi connectivity index (χ4n) is 10.5. The standard InChI is InChI=1S/C53H31NO/c1-6-21-42-34(13-1)35-14-2-7-22-43(35)53(42)44-23-8-3-17-39(44)51-33(18-12-24-45(51)53)32-27-29-49-41(31-32)38-19-11-20-40-48(28-30-50(55-49)52(38)40)54-46-25-9-4-15-36(46)37-16-5-10-26-47(37)54/h1-31H. The van der Waals surface area contributed by atoms with Crippen molar-refractivity contribution in [2.45, 2.75) is 5.41 Å². The molecule has 0 saturated carbocycles. The van der Waals surface area contributed by atoms with E-state index in [9.17, 15) is 0 Å². The lowest BCUT2D eigenvalue weighted by Crippen LogP contribution is -2.25. The monoisotopic (exact) mass is 697 g/mol. The summed E-state index contributed by atoms with van der Waals surface area (Å²) in [6.07, 6.45) is 0. The largest absolute Gasteiger partial charge is 0.456 e. The minimum Gasteiger partial charge on any atom is -0.456 e. The van der Waals surface area contributed by atoms with Crippen LogP contribution in [-0.2, 0) is 5.41 Å². The van der Waals surface area contributed by atoms with Gasteiger partial charge in [0.1, 0.15) is 11.5 Å². The van der Waals surface area contributed by atoms with E-state index in [1.54, 1.807) is 0 Å². The Hall–Kier alpha value is -7.16. The molecule has 10 aromatic rings. The molecule has 1 aliphatic heterocycles. The Morgan fingerprint density at radius 3 is 1.62 bits per heavy atom. The van der Waals surface area contributed by atoms with Crippen LogP contribution in [0.4, 0.5) is 0 Å². The van der Waals surface area contributed by atoms with E-state index in [4.69, 9.17) is 4.74 Å². The van der Waals surface area contributed by atoms with Crippen molar-refractivity contribution in [2.75, 3.05) is 0 Å². The molecule has 9 aromatic carbocycles. The number of nitrogens with zero attached hydrogens (tertiary/aromatic N) is 1. The number of hydrogen-bond acceptors (Lipinski definition) is 1. The molecular weight excluding hydrogens is 667 g/mol. The van der Waals surface area contributed by atoms with E-state index in [0.717, 1.165) is 28.1 Å². The summed E-state index contributed by atoms with van der Waals surface area (Å²) < 4.78 is 9.20. The number of ether oxygens (including phenoxy) is 1. The first kappa shape index (κ1) is 29.3. The molecule has 1 aromatic heterocycles. The highest BCUT2D eigenvalue weighted by atomic mass is 16.5. The van der Waals surface area contributed by atoms with Gasteiger partial charge in [0.15, 0.2) is 0 Å². The number of para-hydroxylation sites is 2. The lowest BCUT2D eigenvalue weighted by molar-refractivity contribution is 0.487. The highest BCUT2D eigenvalue weighted by Gasteiger charge is 2.52. The Labute approximate surface area is 318 Å². The van der Waals surface area contributed by atoms with Crippen LogP contribution in [-0.4, -0.2) is 4.57 Å². The Balaban J connectivity index is 1.04. The van der Waals surface area contributed by atoms with Crippen LogP contribution >= 0.6 is 0 Å². The molecular formula is C53H31NO. The summed E-state index contributed by atoms with van der Waals surface area (Å²) in [5.41, 5.74) is 18.6. The van der Waals surface area contributed by atoms with E-state index in [1.807, 2.05) is 0 Å². The molecule has 1 spiro atoms. The molecule has 0 radical (unpaired) electrons. The van der Waals surface area contributed by atoms with Gasteiger partial charge in [-0.3, -0.25) is 0 Å². The predicted molar refractivity (Wildman–Crippen MR) is 226 cm³/mol. The lowest BCUT2D eigenvalue weighted by atomic mass is 9.70. The topological polar surface area (TPSA) is 14.2 Å². The van der Waals surface area contributed by atoms with Crippen LogP contribution in [0.15, 0.2) is 188 Å². The molecule has 2 heteroatoms. The van der Waals surface area contributed by atoms with Crippen molar-refractivity contribution in [3.8, 4) is 61.7 Å². The summed E-state index contributed by atoms with van der Waals surface area (Å²) in [7, 11) is 0. The molecule has 0 bridgehead atoms. The van der Waals surface area contributed by atoms with E-state index < -0.39 is 0 Å². The number of hydrogen-bond donors (Lipinski definition) is 0. The van der Waals surface area contributed by atoms with Crippen LogP contribution in [0, 0.1) is 0 Å². The van der Waals surface area contributed by atoms with E-state index in [1.165, 1.54) is 88.4 Å². The Morgan fingerprint density at radius 2 is 0.891 bits per heavy atom. The Kier molecular flexibility index (Phi) is 5.59. The zero-order chi connectivity index (χ0) is 35.8. The van der Waals surface area contributed by atoms with Gasteiger partial charge in [-0.1, -0.05) is 152 Å². The van der Waals surface area contributed by atoms with Crippen LogP contribution in [0.2, 0.25) is 0 Å². The van der Waals surface area contributed by atoms with Crippen LogP contribution in [0.25, 0.3) is 82.8 Å². The van der Waals surface area contributed by atoms with E-state index in [2.05, 4.69) is 193 Å². The number of aromatic nitrogens is 1. The molecule has 2 aliphatic carbocycles. The predicted octanol–water partition coefficient (Wildman–Crippen LogP) is 13.7. The maximum atomic E-state index is 6.78. The SMILES string of the molecule is c1ccc2c(c1)-c1ccccc1C21c2ccccc2-c2c(-c3ccc4c(c3)-c3cccc5c(-n6c7ccccc7c7ccccc76)ccc(c35)O4)cccc21. The first-order valence-electron chi connectivity index (χ1n) is 19.1. The van der Waals surface area contributed by atoms with E-state index in [0.29, 0.717) is 0 Å². The van der Waals surface area contributed by atoms with Crippen molar-refractivity contribution in [3.05, 3.63) is 210 Å². The van der Waals surface area contributed by atoms with Gasteiger partial charge < -0.3 is 9.30 Å². The first-order chi connectivity index (χ1) is 27.3. The molecule has 0 unspecified atom stereocenters. The summed E-state index contributed by atoms with van der Waals surface area (Å²) >= 11 is 0. The van der Waals surface area contributed by atoms with Crippen molar-refractivity contribution < 1.29 is 4.74 Å². The van der Waals surface area contributed by atoms with Crippen LogP contribution in [0.5, 0.6) is 11.5 Å². The van der Waals surface area contributed by atoms with Gasteiger partial charge in [-0.2, -0.15) is 0 Å². The number of fused-ring (bicyclic) bond motifs is 15. The molecule has 0 amide bonds. The zero-order valence-corrected chi connectivity index (χ0v) is 29.8. The van der Waals surface area contributed by atoms with Gasteiger partial charge >= 0.3 is 0 Å². The molecule has 0 N–H and O–H groups in total. The average Bonchev–Trinajstić information content (AvgIpc) is 3.86. The van der Waals surface area contributed by atoms with E-state index >= 15 is 0 Å². The lowest BCUT2D eigenvalue weighted by Gasteiger charge is -2.30. The summed E-state index contributed by atoms with van der Waals surface area (Å²) in [5, 5.41) is 4.84. The van der Waals surface area contributed by atoms with Crippen LogP contribution < -0.4 is 4.74 Å². The Morgan fingerprint density at radius 1 is 0.364 bits per heavy atom. The molecule has 3 aliphatic rings. The molecule has 2 nitrogen and oxygen atoms in total. The van der Waals surface area contributed by atoms with E-state index in [-0.39, 0.29) is 5.41 Å². The summed E-state index contributed by atoms with van der Waals surface area (Å²) in [5.74, 6) is 1.78. The summed E-state index contributed by atoms with van der Waals surface area (Å²) in [6.45, 7) is 0. The summed E-state index contributed by atoms with van der Waals surface area (Å²) in [4.78, 5) is 0. The average molecular weight is 698 g/mol. The van der Waals surface area contributed by atoms with Gasteiger partial charge in [0.05, 0.1) is 22.1 Å². The Bertz CT molecular complexity index is 3210. The quantitative estimate of drug-likeness (QED) is 0.175. The minimum absolute atomic E-state index is 0.375. The molecule has 254 valence electrons. The normalized spacial score (nSPS) is 13.7. The molecule has 0 atom stereocenters. The smallest absolute Gasteiger partial charge is 0.136 e. The fourth-order valence-corrected chi connectivity index (χ4v) is 10.5. The maximum absolute atomic E-state index is 6.78. The van der Waals surface area contributed by atoms with Gasteiger partial charge in [-0.05, 0) is 97.6 Å². The second kappa shape index (κ2) is 10.5. The number of benzene rings is 9. The van der Waals surface area contributed by atoms with Gasteiger partial charge in [-0.15, -0.1) is 0 Å².